The molecule has 1 aromatic rings. The third kappa shape index (κ3) is 5.77. The van der Waals surface area contributed by atoms with Crippen molar-refractivity contribution in [2.75, 3.05) is 31.1 Å². The van der Waals surface area contributed by atoms with Gasteiger partial charge in [0.2, 0.25) is 11.8 Å². The van der Waals surface area contributed by atoms with Crippen molar-refractivity contribution in [3.63, 3.8) is 0 Å². The molecule has 2 aliphatic carbocycles. The molecule has 0 aromatic carbocycles. The number of allylic oxidation sites excluding steroid dienone is 2. The van der Waals surface area contributed by atoms with E-state index in [1.54, 1.807) is 6.20 Å². The standard InChI is InChI=1S/C27H40N4O2/c1-27(2,3)20-11-13-21(14-12-20)29-25(32)22-8-4-5-9-23(22)26(33)31-18-16-30(17-19-31)24-10-6-7-15-28-24/h4-7,10,15,20-23H,8-9,11-14,16-19H2,1-3H3,(H,29,32). The number of anilines is 1. The van der Waals surface area contributed by atoms with Crippen molar-refractivity contribution < 1.29 is 9.59 Å². The molecule has 6 nitrogen and oxygen atoms in total. The number of hydrogen-bond acceptors (Lipinski definition) is 4. The number of rotatable bonds is 4. The van der Waals surface area contributed by atoms with Gasteiger partial charge in [-0.15, -0.1) is 0 Å². The number of nitrogens with zero attached hydrogens (tertiary/aromatic N) is 3. The van der Waals surface area contributed by atoms with Crippen LogP contribution in [0.3, 0.4) is 0 Å². The first-order chi connectivity index (χ1) is 15.8. The minimum absolute atomic E-state index is 0.0732. The smallest absolute Gasteiger partial charge is 0.226 e. The summed E-state index contributed by atoms with van der Waals surface area (Å²) in [6.07, 6.45) is 11.7. The first-order valence-electron chi connectivity index (χ1n) is 12.7. The Morgan fingerprint density at radius 3 is 2.21 bits per heavy atom. The van der Waals surface area contributed by atoms with E-state index in [2.05, 4.69) is 48.1 Å². The van der Waals surface area contributed by atoms with Crippen molar-refractivity contribution in [2.45, 2.75) is 65.3 Å². The van der Waals surface area contributed by atoms with Crippen LogP contribution in [0.4, 0.5) is 5.82 Å². The molecule has 0 bridgehead atoms. The van der Waals surface area contributed by atoms with Crippen LogP contribution in [0.2, 0.25) is 0 Å². The molecule has 0 radical (unpaired) electrons. The van der Waals surface area contributed by atoms with Gasteiger partial charge in [-0.3, -0.25) is 9.59 Å². The normalized spacial score (nSPS) is 28.5. The molecule has 1 saturated carbocycles. The Hall–Kier alpha value is -2.37. The van der Waals surface area contributed by atoms with Crippen LogP contribution >= 0.6 is 0 Å². The van der Waals surface area contributed by atoms with E-state index < -0.39 is 0 Å². The molecule has 1 aromatic heterocycles. The Kier molecular flexibility index (Phi) is 7.40. The van der Waals surface area contributed by atoms with Crippen molar-refractivity contribution in [1.29, 1.82) is 0 Å². The van der Waals surface area contributed by atoms with Gasteiger partial charge < -0.3 is 15.1 Å². The lowest BCUT2D eigenvalue weighted by Gasteiger charge is -2.39. The Morgan fingerprint density at radius 1 is 0.939 bits per heavy atom. The molecule has 2 amide bonds. The predicted octanol–water partition coefficient (Wildman–Crippen LogP) is 4.03. The van der Waals surface area contributed by atoms with E-state index in [0.29, 0.717) is 31.3 Å². The highest BCUT2D eigenvalue weighted by molar-refractivity contribution is 5.88. The molecule has 6 heteroatoms. The first kappa shape index (κ1) is 23.8. The molecule has 2 atom stereocenters. The van der Waals surface area contributed by atoms with Crippen molar-refractivity contribution in [1.82, 2.24) is 15.2 Å². The molecule has 180 valence electrons. The number of aromatic nitrogens is 1. The third-order valence-electron chi connectivity index (χ3n) is 7.95. The summed E-state index contributed by atoms with van der Waals surface area (Å²) in [6, 6.07) is 6.17. The lowest BCUT2D eigenvalue weighted by molar-refractivity contribution is -0.142. The van der Waals surface area contributed by atoms with E-state index in [-0.39, 0.29) is 29.7 Å². The van der Waals surface area contributed by atoms with Crippen LogP contribution in [-0.2, 0) is 9.59 Å². The van der Waals surface area contributed by atoms with Gasteiger partial charge in [-0.2, -0.15) is 0 Å². The molecule has 33 heavy (non-hydrogen) atoms. The molecule has 1 saturated heterocycles. The minimum atomic E-state index is -0.253. The number of hydrogen-bond donors (Lipinski definition) is 1. The number of pyridine rings is 1. The molecule has 1 N–H and O–H groups in total. The minimum Gasteiger partial charge on any atom is -0.353 e. The molecule has 4 rings (SSSR count). The van der Waals surface area contributed by atoms with Crippen LogP contribution in [0.5, 0.6) is 0 Å². The van der Waals surface area contributed by atoms with Crippen molar-refractivity contribution >= 4 is 17.6 Å². The maximum atomic E-state index is 13.4. The van der Waals surface area contributed by atoms with Gasteiger partial charge in [-0.1, -0.05) is 39.0 Å². The van der Waals surface area contributed by atoms with Crippen LogP contribution in [0.15, 0.2) is 36.5 Å². The first-order valence-corrected chi connectivity index (χ1v) is 12.7. The SMILES string of the molecule is CC(C)(C)C1CCC(NC(=O)C2CC=CCC2C(=O)N2CCN(c3ccccn3)CC2)CC1. The number of carbonyl (C=O) groups excluding carboxylic acids is 2. The molecule has 3 aliphatic rings. The van der Waals surface area contributed by atoms with Crippen LogP contribution < -0.4 is 10.2 Å². The van der Waals surface area contributed by atoms with Crippen molar-refractivity contribution in [2.24, 2.45) is 23.2 Å². The maximum Gasteiger partial charge on any atom is 0.226 e. The number of carbonyl (C=O) groups is 2. The van der Waals surface area contributed by atoms with Gasteiger partial charge in [-0.05, 0) is 62.0 Å². The van der Waals surface area contributed by atoms with E-state index in [4.69, 9.17) is 0 Å². The van der Waals surface area contributed by atoms with Gasteiger partial charge in [0.25, 0.3) is 0 Å². The Balaban J connectivity index is 1.31. The van der Waals surface area contributed by atoms with Gasteiger partial charge in [0.05, 0.1) is 11.8 Å². The van der Waals surface area contributed by atoms with Crippen molar-refractivity contribution in [3.8, 4) is 0 Å². The zero-order chi connectivity index (χ0) is 23.4. The summed E-state index contributed by atoms with van der Waals surface area (Å²) in [4.78, 5) is 35.3. The highest BCUT2D eigenvalue weighted by atomic mass is 16.2. The number of piperazine rings is 1. The van der Waals surface area contributed by atoms with Crippen molar-refractivity contribution in [3.05, 3.63) is 36.5 Å². The summed E-state index contributed by atoms with van der Waals surface area (Å²) in [5.74, 6) is 1.39. The van der Waals surface area contributed by atoms with E-state index >= 15 is 0 Å². The Morgan fingerprint density at radius 2 is 1.61 bits per heavy atom. The fraction of sp³-hybridized carbons (Fsp3) is 0.667. The summed E-state index contributed by atoms with van der Waals surface area (Å²) in [6.45, 7) is 9.87. The fourth-order valence-corrected chi connectivity index (χ4v) is 5.72. The second-order valence-electron chi connectivity index (χ2n) is 11.1. The Bertz CT molecular complexity index is 831. The topological polar surface area (TPSA) is 65.5 Å². The average molecular weight is 453 g/mol. The molecule has 1 aliphatic heterocycles. The quantitative estimate of drug-likeness (QED) is 0.701. The lowest BCUT2D eigenvalue weighted by Crippen LogP contribution is -2.53. The fourth-order valence-electron chi connectivity index (χ4n) is 5.72. The van der Waals surface area contributed by atoms with Gasteiger partial charge >= 0.3 is 0 Å². The molecule has 2 fully saturated rings. The van der Waals surface area contributed by atoms with E-state index in [1.807, 2.05) is 23.1 Å². The summed E-state index contributed by atoms with van der Waals surface area (Å²) in [7, 11) is 0. The maximum absolute atomic E-state index is 13.4. The number of nitrogens with one attached hydrogen (secondary N) is 1. The lowest BCUT2D eigenvalue weighted by atomic mass is 9.71. The highest BCUT2D eigenvalue weighted by Crippen LogP contribution is 2.38. The zero-order valence-electron chi connectivity index (χ0n) is 20.5. The highest BCUT2D eigenvalue weighted by Gasteiger charge is 2.38. The third-order valence-corrected chi connectivity index (χ3v) is 7.95. The van der Waals surface area contributed by atoms with Gasteiger partial charge in [0.15, 0.2) is 0 Å². The molecule has 0 spiro atoms. The average Bonchev–Trinajstić information content (AvgIpc) is 2.84. The van der Waals surface area contributed by atoms with E-state index in [9.17, 15) is 9.59 Å². The number of amides is 2. The van der Waals surface area contributed by atoms with Gasteiger partial charge in [-0.25, -0.2) is 4.98 Å². The second kappa shape index (κ2) is 10.3. The van der Waals surface area contributed by atoms with Gasteiger partial charge in [0, 0.05) is 38.4 Å². The van der Waals surface area contributed by atoms with E-state index in [1.165, 1.54) is 12.8 Å². The van der Waals surface area contributed by atoms with Crippen LogP contribution in [-0.4, -0.2) is 53.9 Å². The predicted molar refractivity (Wildman–Crippen MR) is 132 cm³/mol. The van der Waals surface area contributed by atoms with Crippen LogP contribution in [0.25, 0.3) is 0 Å². The van der Waals surface area contributed by atoms with Crippen LogP contribution in [0.1, 0.15) is 59.3 Å². The largest absolute Gasteiger partial charge is 0.353 e. The molecule has 2 unspecified atom stereocenters. The molecule has 2 heterocycles. The summed E-state index contributed by atoms with van der Waals surface area (Å²) < 4.78 is 0. The molecular formula is C27H40N4O2. The second-order valence-corrected chi connectivity index (χ2v) is 11.1. The van der Waals surface area contributed by atoms with E-state index in [0.717, 1.165) is 37.7 Å². The summed E-state index contributed by atoms with van der Waals surface area (Å²) in [5, 5.41) is 3.32. The van der Waals surface area contributed by atoms with Crippen LogP contribution in [0, 0.1) is 23.2 Å². The monoisotopic (exact) mass is 452 g/mol. The molecular weight excluding hydrogens is 412 g/mol. The van der Waals surface area contributed by atoms with Gasteiger partial charge in [0.1, 0.15) is 5.82 Å². The Labute approximate surface area is 198 Å². The summed E-state index contributed by atoms with van der Waals surface area (Å²) in [5.41, 5.74) is 0.335. The summed E-state index contributed by atoms with van der Waals surface area (Å²) >= 11 is 0. The zero-order valence-corrected chi connectivity index (χ0v) is 20.5.